The molecule has 12 nitrogen and oxygen atoms in total. The van der Waals surface area contributed by atoms with Gasteiger partial charge in [0, 0.05) is 42.3 Å². The van der Waals surface area contributed by atoms with Gasteiger partial charge in [-0.2, -0.15) is 0 Å². The second-order valence-corrected chi connectivity index (χ2v) is 13.1. The number of piperidine rings is 1. The molecule has 1 aromatic heterocycles. The molecule has 0 radical (unpaired) electrons. The molecule has 2 aliphatic rings. The number of aromatic amines is 1. The monoisotopic (exact) mass is 668 g/mol. The van der Waals surface area contributed by atoms with Crippen LogP contribution in [-0.2, 0) is 19.9 Å². The van der Waals surface area contributed by atoms with Crippen LogP contribution in [0, 0.1) is 11.7 Å². The molecule has 2 amide bonds. The standard InChI is InChI=1S/C29H37FN4O.C6H8O7/c1-33(2)29(23-6-4-3-5-7-23)14-10-21(11-15-29)19-32-28(35)34-16-12-22(13-17-34)26-20-31-27-9-8-24(30)18-25(26)27;7-3(8)1-6(13,5(11)12)2-4(9)10/h3-9,18,20-22,31H,10-17,19H2,1-2H3,(H,32,35);13H,1-2H2,(H,7,8)(H,9,10)(H,11,12). The van der Waals surface area contributed by atoms with Crippen molar-refractivity contribution < 1.29 is 44.0 Å². The van der Waals surface area contributed by atoms with E-state index in [2.05, 4.69) is 59.6 Å². The molecule has 1 saturated heterocycles. The highest BCUT2D eigenvalue weighted by Gasteiger charge is 2.41. The Hall–Kier alpha value is -4.49. The summed E-state index contributed by atoms with van der Waals surface area (Å²) in [6.45, 7) is 2.22. The summed E-state index contributed by atoms with van der Waals surface area (Å²) in [7, 11) is 4.37. The van der Waals surface area contributed by atoms with Crippen LogP contribution >= 0.6 is 0 Å². The molecule has 2 aromatic carbocycles. The summed E-state index contributed by atoms with van der Waals surface area (Å²) in [6, 6.07) is 15.8. The maximum Gasteiger partial charge on any atom is 0.336 e. The topological polar surface area (TPSA) is 183 Å². The van der Waals surface area contributed by atoms with E-state index in [1.807, 2.05) is 11.1 Å². The van der Waals surface area contributed by atoms with E-state index in [0.29, 0.717) is 11.8 Å². The lowest BCUT2D eigenvalue weighted by molar-refractivity contribution is -0.170. The summed E-state index contributed by atoms with van der Waals surface area (Å²) in [5.41, 5.74) is 0.893. The molecule has 0 unspecified atom stereocenters. The molecule has 2 fully saturated rings. The number of nitrogens with one attached hydrogen (secondary N) is 2. The molecule has 13 heteroatoms. The molecule has 6 N–H and O–H groups in total. The lowest BCUT2D eigenvalue weighted by Crippen LogP contribution is -2.48. The Bertz CT molecular complexity index is 1560. The minimum Gasteiger partial charge on any atom is -0.481 e. The van der Waals surface area contributed by atoms with Gasteiger partial charge in [-0.25, -0.2) is 14.0 Å². The smallest absolute Gasteiger partial charge is 0.336 e. The third-order valence-electron chi connectivity index (χ3n) is 9.82. The number of amides is 2. The Balaban J connectivity index is 0.000000341. The van der Waals surface area contributed by atoms with E-state index in [1.165, 1.54) is 17.2 Å². The van der Waals surface area contributed by atoms with Crippen molar-refractivity contribution in [2.45, 2.75) is 68.4 Å². The molecule has 0 bridgehead atoms. The molecule has 1 aliphatic carbocycles. The van der Waals surface area contributed by atoms with Gasteiger partial charge in [0.1, 0.15) is 5.82 Å². The number of likely N-dealkylation sites (tertiary alicyclic amines) is 1. The van der Waals surface area contributed by atoms with Gasteiger partial charge in [0.2, 0.25) is 0 Å². The fraction of sp³-hybridized carbons (Fsp3) is 0.486. The Kier molecular flexibility index (Phi) is 11.8. The van der Waals surface area contributed by atoms with Gasteiger partial charge < -0.3 is 35.6 Å². The van der Waals surface area contributed by atoms with Crippen molar-refractivity contribution in [3.05, 3.63) is 71.7 Å². The minimum absolute atomic E-state index is 0.0564. The molecule has 3 aromatic rings. The highest BCUT2D eigenvalue weighted by Crippen LogP contribution is 2.43. The van der Waals surface area contributed by atoms with Gasteiger partial charge >= 0.3 is 23.9 Å². The van der Waals surface area contributed by atoms with Crippen molar-refractivity contribution in [1.82, 2.24) is 20.1 Å². The average Bonchev–Trinajstić information content (AvgIpc) is 3.47. The molecule has 2 heterocycles. The number of hydrogen-bond acceptors (Lipinski definition) is 6. The number of hydrogen-bond donors (Lipinski definition) is 6. The number of carbonyl (C=O) groups is 4. The largest absolute Gasteiger partial charge is 0.481 e. The summed E-state index contributed by atoms with van der Waals surface area (Å²) >= 11 is 0. The van der Waals surface area contributed by atoms with Crippen molar-refractivity contribution in [1.29, 1.82) is 0 Å². The fourth-order valence-corrected chi connectivity index (χ4v) is 7.01. The average molecular weight is 669 g/mol. The maximum atomic E-state index is 13.8. The normalized spacial score (nSPS) is 20.2. The van der Waals surface area contributed by atoms with Gasteiger partial charge in [-0.05, 0) is 93.8 Å². The third kappa shape index (κ3) is 8.70. The molecule has 1 saturated carbocycles. The molecular weight excluding hydrogens is 623 g/mol. The zero-order chi connectivity index (χ0) is 35.1. The number of halogens is 1. The van der Waals surface area contributed by atoms with E-state index in [-0.39, 0.29) is 17.4 Å². The van der Waals surface area contributed by atoms with Gasteiger partial charge in [-0.1, -0.05) is 30.3 Å². The number of nitrogens with zero attached hydrogens (tertiary/aromatic N) is 2. The molecule has 260 valence electrons. The van der Waals surface area contributed by atoms with E-state index < -0.39 is 36.4 Å². The number of aliphatic carboxylic acids is 3. The van der Waals surface area contributed by atoms with E-state index >= 15 is 0 Å². The number of aromatic nitrogens is 1. The second kappa shape index (κ2) is 15.6. The molecule has 5 rings (SSSR count). The zero-order valence-corrected chi connectivity index (χ0v) is 27.3. The molecule has 0 spiro atoms. The van der Waals surface area contributed by atoms with Crippen LogP contribution < -0.4 is 5.32 Å². The first-order valence-electron chi connectivity index (χ1n) is 16.2. The van der Waals surface area contributed by atoms with Crippen LogP contribution in [-0.4, -0.2) is 98.5 Å². The number of carboxylic acid groups (broad SMARTS) is 3. The molecule has 1 aliphatic heterocycles. The summed E-state index contributed by atoms with van der Waals surface area (Å²) in [6.07, 6.45) is 5.99. The van der Waals surface area contributed by atoms with Gasteiger partial charge in [0.05, 0.1) is 12.8 Å². The Labute approximate surface area is 278 Å². The minimum atomic E-state index is -2.74. The van der Waals surface area contributed by atoms with Crippen molar-refractivity contribution in [2.75, 3.05) is 33.7 Å². The summed E-state index contributed by atoms with van der Waals surface area (Å²) < 4.78 is 13.8. The SMILES string of the molecule is CN(C)C1(c2ccccc2)CCC(CNC(=O)N2CCC(c3c[nH]c4ccc(F)cc34)CC2)CC1.O=C(O)CC(O)(CC(=O)O)C(=O)O. The lowest BCUT2D eigenvalue weighted by atomic mass is 9.72. The van der Waals surface area contributed by atoms with Crippen LogP contribution in [0.1, 0.15) is 68.4 Å². The fourth-order valence-electron chi connectivity index (χ4n) is 7.01. The third-order valence-corrected chi connectivity index (χ3v) is 9.82. The predicted octanol–water partition coefficient (Wildman–Crippen LogP) is 4.59. The Morgan fingerprint density at radius 2 is 1.56 bits per heavy atom. The van der Waals surface area contributed by atoms with Crippen molar-refractivity contribution >= 4 is 34.8 Å². The quantitative estimate of drug-likeness (QED) is 0.180. The second-order valence-electron chi connectivity index (χ2n) is 13.1. The van der Waals surface area contributed by atoms with Crippen molar-refractivity contribution in [3.63, 3.8) is 0 Å². The van der Waals surface area contributed by atoms with Gasteiger partial charge in [-0.3, -0.25) is 14.5 Å². The van der Waals surface area contributed by atoms with Crippen LogP contribution in [0.3, 0.4) is 0 Å². The zero-order valence-electron chi connectivity index (χ0n) is 27.3. The van der Waals surface area contributed by atoms with E-state index in [4.69, 9.17) is 20.4 Å². The van der Waals surface area contributed by atoms with Crippen LogP contribution in [0.25, 0.3) is 10.9 Å². The number of H-pyrrole nitrogens is 1. The van der Waals surface area contributed by atoms with Gasteiger partial charge in [0.25, 0.3) is 0 Å². The van der Waals surface area contributed by atoms with E-state index in [0.717, 1.165) is 69.1 Å². The number of rotatable bonds is 10. The number of aliphatic hydroxyl groups is 1. The number of carbonyl (C=O) groups excluding carboxylic acids is 1. The number of benzene rings is 2. The van der Waals surface area contributed by atoms with Crippen LogP contribution in [0.15, 0.2) is 54.7 Å². The number of fused-ring (bicyclic) bond motifs is 1. The van der Waals surface area contributed by atoms with Crippen molar-refractivity contribution in [3.8, 4) is 0 Å². The molecule has 48 heavy (non-hydrogen) atoms. The predicted molar refractivity (Wildman–Crippen MR) is 176 cm³/mol. The Morgan fingerprint density at radius 3 is 2.10 bits per heavy atom. The first kappa shape index (κ1) is 36.3. The van der Waals surface area contributed by atoms with Gasteiger partial charge in [0.15, 0.2) is 5.60 Å². The maximum absolute atomic E-state index is 13.8. The number of urea groups is 1. The van der Waals surface area contributed by atoms with E-state index in [1.54, 1.807) is 12.1 Å². The summed E-state index contributed by atoms with van der Waals surface area (Å²) in [4.78, 5) is 51.0. The van der Waals surface area contributed by atoms with Gasteiger partial charge in [-0.15, -0.1) is 0 Å². The molecule has 0 atom stereocenters. The summed E-state index contributed by atoms with van der Waals surface area (Å²) in [5, 5.41) is 38.0. The first-order valence-corrected chi connectivity index (χ1v) is 16.2. The van der Waals surface area contributed by atoms with Crippen LogP contribution in [0.5, 0.6) is 0 Å². The number of carboxylic acids is 3. The van der Waals surface area contributed by atoms with Crippen LogP contribution in [0.2, 0.25) is 0 Å². The highest BCUT2D eigenvalue weighted by molar-refractivity contribution is 5.88. The lowest BCUT2D eigenvalue weighted by Gasteiger charge is -2.45. The first-order chi connectivity index (χ1) is 22.7. The van der Waals surface area contributed by atoms with Crippen LogP contribution in [0.4, 0.5) is 9.18 Å². The Morgan fingerprint density at radius 1 is 0.958 bits per heavy atom. The highest BCUT2D eigenvalue weighted by atomic mass is 19.1. The van der Waals surface area contributed by atoms with E-state index in [9.17, 15) is 23.6 Å². The summed E-state index contributed by atoms with van der Waals surface area (Å²) in [5.74, 6) is -4.35. The van der Waals surface area contributed by atoms with Crippen molar-refractivity contribution in [2.24, 2.45) is 5.92 Å². The molecular formula is C35H45FN4O8.